The molecular weight excluding hydrogens is 330 g/mol. The molecule has 1 aromatic carbocycles. The van der Waals surface area contributed by atoms with Crippen LogP contribution in [-0.2, 0) is 20.9 Å². The maximum atomic E-state index is 12.3. The van der Waals surface area contributed by atoms with Gasteiger partial charge in [0.1, 0.15) is 0 Å². The van der Waals surface area contributed by atoms with Crippen molar-refractivity contribution in [1.29, 1.82) is 0 Å². The summed E-state index contributed by atoms with van der Waals surface area (Å²) in [5.74, 6) is -0.290. The highest BCUT2D eigenvalue weighted by Crippen LogP contribution is 2.09. The third-order valence-corrected chi connectivity index (χ3v) is 4.72. The van der Waals surface area contributed by atoms with Crippen molar-refractivity contribution >= 4 is 11.9 Å². The fraction of sp³-hybridized carbons (Fsp3) is 0.600. The Balaban J connectivity index is 1.72. The van der Waals surface area contributed by atoms with Crippen LogP contribution in [0.4, 0.5) is 0 Å². The van der Waals surface area contributed by atoms with Crippen LogP contribution in [0.3, 0.4) is 0 Å². The predicted octanol–water partition coefficient (Wildman–Crippen LogP) is 1.65. The van der Waals surface area contributed by atoms with Gasteiger partial charge in [0.15, 0.2) is 0 Å². The van der Waals surface area contributed by atoms with Crippen LogP contribution in [0.15, 0.2) is 30.3 Å². The van der Waals surface area contributed by atoms with Crippen LogP contribution in [0.5, 0.6) is 0 Å². The lowest BCUT2D eigenvalue weighted by Crippen LogP contribution is -2.50. The van der Waals surface area contributed by atoms with Crippen molar-refractivity contribution in [2.75, 3.05) is 39.8 Å². The van der Waals surface area contributed by atoms with Crippen LogP contribution in [0.2, 0.25) is 0 Å². The molecule has 144 valence electrons. The molecule has 0 aromatic heterocycles. The third-order valence-electron chi connectivity index (χ3n) is 4.72. The van der Waals surface area contributed by atoms with Gasteiger partial charge in [-0.05, 0) is 12.0 Å². The number of ether oxygens (including phenoxy) is 1. The molecule has 1 fully saturated rings. The van der Waals surface area contributed by atoms with Crippen LogP contribution in [-0.4, -0.2) is 67.6 Å². The van der Waals surface area contributed by atoms with Gasteiger partial charge in [-0.2, -0.15) is 0 Å². The van der Waals surface area contributed by atoms with Crippen molar-refractivity contribution in [3.8, 4) is 0 Å². The van der Waals surface area contributed by atoms with Gasteiger partial charge in [0.2, 0.25) is 5.91 Å². The molecule has 1 N–H and O–H groups in total. The quantitative estimate of drug-likeness (QED) is 0.678. The minimum atomic E-state index is -0.279. The molecule has 0 saturated carbocycles. The zero-order chi connectivity index (χ0) is 18.8. The van der Waals surface area contributed by atoms with Gasteiger partial charge in [-0.3, -0.25) is 19.4 Å². The molecule has 0 unspecified atom stereocenters. The van der Waals surface area contributed by atoms with E-state index < -0.39 is 0 Å². The first-order valence-corrected chi connectivity index (χ1v) is 9.45. The zero-order valence-electron chi connectivity index (χ0n) is 15.9. The number of hydrogen-bond donors (Lipinski definition) is 1. The number of nitrogens with one attached hydrogen (secondary N) is 1. The number of piperazine rings is 1. The summed E-state index contributed by atoms with van der Waals surface area (Å²) in [4.78, 5) is 28.4. The van der Waals surface area contributed by atoms with Crippen LogP contribution >= 0.6 is 0 Å². The Hall–Kier alpha value is -1.92. The van der Waals surface area contributed by atoms with Gasteiger partial charge in [-0.25, -0.2) is 0 Å². The first kappa shape index (κ1) is 20.4. The molecule has 2 rings (SSSR count). The molecule has 1 atom stereocenters. The average molecular weight is 361 g/mol. The fourth-order valence-electron chi connectivity index (χ4n) is 3.28. The largest absolute Gasteiger partial charge is 0.469 e. The first-order chi connectivity index (χ1) is 12.6. The Kier molecular flexibility index (Phi) is 8.58. The van der Waals surface area contributed by atoms with Crippen molar-refractivity contribution in [3.05, 3.63) is 35.9 Å². The number of carbonyl (C=O) groups is 2. The molecular formula is C20H31N3O3. The highest BCUT2D eigenvalue weighted by molar-refractivity contribution is 5.79. The molecule has 6 heteroatoms. The smallest absolute Gasteiger partial charge is 0.307 e. The lowest BCUT2D eigenvalue weighted by molar-refractivity contribution is -0.141. The molecule has 26 heavy (non-hydrogen) atoms. The summed E-state index contributed by atoms with van der Waals surface area (Å²) in [6.45, 7) is 7.08. The summed E-state index contributed by atoms with van der Waals surface area (Å²) in [6, 6.07) is 10.3. The molecule has 0 aliphatic carbocycles. The number of rotatable bonds is 9. The van der Waals surface area contributed by atoms with Crippen molar-refractivity contribution < 1.29 is 14.3 Å². The molecule has 1 aliphatic heterocycles. The summed E-state index contributed by atoms with van der Waals surface area (Å²) in [5.41, 5.74) is 1.32. The van der Waals surface area contributed by atoms with Crippen LogP contribution in [0, 0.1) is 0 Å². The van der Waals surface area contributed by atoms with E-state index in [1.807, 2.05) is 13.0 Å². The van der Waals surface area contributed by atoms with E-state index in [4.69, 9.17) is 4.74 Å². The van der Waals surface area contributed by atoms with Gasteiger partial charge in [-0.1, -0.05) is 43.7 Å². The lowest BCUT2D eigenvalue weighted by atomic mass is 10.1. The van der Waals surface area contributed by atoms with Gasteiger partial charge < -0.3 is 10.1 Å². The van der Waals surface area contributed by atoms with Gasteiger partial charge in [0.25, 0.3) is 0 Å². The van der Waals surface area contributed by atoms with E-state index in [9.17, 15) is 9.59 Å². The summed E-state index contributed by atoms with van der Waals surface area (Å²) in [5, 5.41) is 2.99. The predicted molar refractivity (Wildman–Crippen MR) is 102 cm³/mol. The molecule has 1 amide bonds. The average Bonchev–Trinajstić information content (AvgIpc) is 2.64. The number of methoxy groups -OCH3 is 1. The summed E-state index contributed by atoms with van der Waals surface area (Å²) in [6.07, 6.45) is 1.94. The SMILES string of the molecule is CCC[C@H](CC(=O)OC)NC(=O)CN1CCN(Cc2ccccc2)CC1. The Morgan fingerprint density at radius 2 is 1.77 bits per heavy atom. The van der Waals surface area contributed by atoms with E-state index >= 15 is 0 Å². The second-order valence-corrected chi connectivity index (χ2v) is 6.87. The number of esters is 1. The van der Waals surface area contributed by atoms with E-state index in [0.717, 1.165) is 45.6 Å². The highest BCUT2D eigenvalue weighted by Gasteiger charge is 2.21. The zero-order valence-corrected chi connectivity index (χ0v) is 15.9. The molecule has 1 saturated heterocycles. The standard InChI is InChI=1S/C20H31N3O3/c1-3-7-18(14-20(25)26-2)21-19(24)16-23-12-10-22(11-13-23)15-17-8-5-4-6-9-17/h4-6,8-9,18H,3,7,10-16H2,1-2H3,(H,21,24)/t18-/m1/s1. The number of amides is 1. The van der Waals surface area contributed by atoms with Crippen molar-refractivity contribution in [2.45, 2.75) is 38.8 Å². The minimum absolute atomic E-state index is 0.0103. The first-order valence-electron chi connectivity index (χ1n) is 9.45. The molecule has 0 spiro atoms. The van der Waals surface area contributed by atoms with Crippen molar-refractivity contribution in [3.63, 3.8) is 0 Å². The topological polar surface area (TPSA) is 61.9 Å². The number of nitrogens with zero attached hydrogens (tertiary/aromatic N) is 2. The van der Waals surface area contributed by atoms with Crippen molar-refractivity contribution in [1.82, 2.24) is 15.1 Å². The Labute approximate surface area is 156 Å². The second kappa shape index (κ2) is 10.9. The maximum Gasteiger partial charge on any atom is 0.307 e. The Bertz CT molecular complexity index is 557. The summed E-state index contributed by atoms with van der Waals surface area (Å²) in [7, 11) is 1.38. The third kappa shape index (κ3) is 7.14. The van der Waals surface area contributed by atoms with Gasteiger partial charge in [-0.15, -0.1) is 0 Å². The van der Waals surface area contributed by atoms with Gasteiger partial charge >= 0.3 is 5.97 Å². The highest BCUT2D eigenvalue weighted by atomic mass is 16.5. The molecule has 1 aliphatic rings. The second-order valence-electron chi connectivity index (χ2n) is 6.87. The van der Waals surface area contributed by atoms with Gasteiger partial charge in [0.05, 0.1) is 20.1 Å². The summed E-state index contributed by atoms with van der Waals surface area (Å²) < 4.78 is 4.71. The minimum Gasteiger partial charge on any atom is -0.469 e. The van der Waals surface area contributed by atoms with E-state index in [-0.39, 0.29) is 24.3 Å². The summed E-state index contributed by atoms with van der Waals surface area (Å²) >= 11 is 0. The molecule has 0 bridgehead atoms. The van der Waals surface area contributed by atoms with E-state index in [0.29, 0.717) is 6.54 Å². The van der Waals surface area contributed by atoms with Crippen LogP contribution in [0.1, 0.15) is 31.7 Å². The molecule has 0 radical (unpaired) electrons. The fourth-order valence-corrected chi connectivity index (χ4v) is 3.28. The van der Waals surface area contributed by atoms with E-state index in [1.165, 1.54) is 12.7 Å². The van der Waals surface area contributed by atoms with Crippen LogP contribution < -0.4 is 5.32 Å². The molecule has 6 nitrogen and oxygen atoms in total. The monoisotopic (exact) mass is 361 g/mol. The van der Waals surface area contributed by atoms with E-state index in [1.54, 1.807) is 0 Å². The normalized spacial score (nSPS) is 16.8. The number of hydrogen-bond acceptors (Lipinski definition) is 5. The number of carbonyl (C=O) groups excluding carboxylic acids is 2. The molecule has 1 aromatic rings. The number of benzene rings is 1. The van der Waals surface area contributed by atoms with Crippen molar-refractivity contribution in [2.24, 2.45) is 0 Å². The molecule has 1 heterocycles. The Morgan fingerprint density at radius 1 is 1.12 bits per heavy atom. The van der Waals surface area contributed by atoms with E-state index in [2.05, 4.69) is 39.4 Å². The van der Waals surface area contributed by atoms with Crippen LogP contribution in [0.25, 0.3) is 0 Å². The Morgan fingerprint density at radius 3 is 2.38 bits per heavy atom. The maximum absolute atomic E-state index is 12.3. The lowest BCUT2D eigenvalue weighted by Gasteiger charge is -2.34. The van der Waals surface area contributed by atoms with Gasteiger partial charge in [0, 0.05) is 38.8 Å².